The number of hydrogen-bond acceptors (Lipinski definition) is 4. The van der Waals surface area contributed by atoms with Crippen molar-refractivity contribution in [2.75, 3.05) is 20.1 Å². The quantitative estimate of drug-likeness (QED) is 0.482. The van der Waals surface area contributed by atoms with E-state index in [1.54, 1.807) is 0 Å². The number of hydrogen-bond donors (Lipinski definition) is 0. The lowest BCUT2D eigenvalue weighted by Crippen LogP contribution is -2.27. The van der Waals surface area contributed by atoms with Gasteiger partial charge in [-0.05, 0) is 18.4 Å². The van der Waals surface area contributed by atoms with Crippen LogP contribution >= 0.6 is 0 Å². The third-order valence-electron chi connectivity index (χ3n) is 1.64. The molecule has 0 aliphatic rings. The molecule has 17 heavy (non-hydrogen) atoms. The monoisotopic (exact) mass is 244 g/mol. The van der Waals surface area contributed by atoms with E-state index in [1.165, 1.54) is 6.08 Å². The first-order valence-electron chi connectivity index (χ1n) is 5.31. The highest BCUT2D eigenvalue weighted by Crippen LogP contribution is 2.00. The second kappa shape index (κ2) is 11.0. The molecule has 0 aromatic rings. The van der Waals surface area contributed by atoms with E-state index >= 15 is 0 Å². The predicted molar refractivity (Wildman–Crippen MR) is 60.6 cm³/mol. The first kappa shape index (κ1) is 15.5. The van der Waals surface area contributed by atoms with Gasteiger partial charge >= 0.3 is 5.97 Å². The third kappa shape index (κ3) is 9.39. The predicted octanol–water partition coefficient (Wildman–Crippen LogP) is 1.81. The fourth-order valence-corrected chi connectivity index (χ4v) is 0.959. The Kier molecular flexibility index (Phi) is 9.97. The van der Waals surface area contributed by atoms with Crippen LogP contribution in [0.4, 0.5) is 4.39 Å². The van der Waals surface area contributed by atoms with Crippen LogP contribution in [0, 0.1) is 12.0 Å². The largest absolute Gasteiger partial charge is 0.456 e. The zero-order valence-electron chi connectivity index (χ0n) is 9.91. The first-order chi connectivity index (χ1) is 8.24. The van der Waals surface area contributed by atoms with Gasteiger partial charge in [-0.25, -0.2) is 4.39 Å². The van der Waals surface area contributed by atoms with Crippen LogP contribution < -0.4 is 0 Å². The molecule has 0 heterocycles. The molecule has 0 saturated carbocycles. The van der Waals surface area contributed by atoms with Gasteiger partial charge in [0, 0.05) is 6.42 Å². The second-order valence-corrected chi connectivity index (χ2v) is 3.10. The van der Waals surface area contributed by atoms with Crippen LogP contribution in [0.2, 0.25) is 0 Å². The van der Waals surface area contributed by atoms with Gasteiger partial charge < -0.3 is 14.2 Å². The fraction of sp³-hybridized carbons (Fsp3) is 0.583. The van der Waals surface area contributed by atoms with E-state index in [4.69, 9.17) is 9.47 Å². The Hall–Kier alpha value is -1.54. The first-order valence-corrected chi connectivity index (χ1v) is 5.31. The van der Waals surface area contributed by atoms with Crippen molar-refractivity contribution < 1.29 is 23.4 Å². The highest BCUT2D eigenvalue weighted by Gasteiger charge is 2.14. The van der Waals surface area contributed by atoms with Crippen LogP contribution in [0.3, 0.4) is 0 Å². The molecule has 0 saturated heterocycles. The van der Waals surface area contributed by atoms with Crippen LogP contribution in [0.15, 0.2) is 12.7 Å². The van der Waals surface area contributed by atoms with Crippen molar-refractivity contribution in [3.05, 3.63) is 12.7 Å². The van der Waals surface area contributed by atoms with E-state index < -0.39 is 13.0 Å². The normalized spacial score (nSPS) is 10.9. The van der Waals surface area contributed by atoms with Gasteiger partial charge in [0.05, 0.1) is 6.61 Å². The van der Waals surface area contributed by atoms with Crippen LogP contribution in [0.5, 0.6) is 0 Å². The maximum Gasteiger partial charge on any atom is 0.306 e. The number of esters is 1. The third-order valence-corrected chi connectivity index (χ3v) is 1.64. The smallest absolute Gasteiger partial charge is 0.306 e. The molecule has 0 rings (SSSR count). The summed E-state index contributed by atoms with van der Waals surface area (Å²) in [5, 5.41) is 0. The van der Waals surface area contributed by atoms with E-state index in [9.17, 15) is 9.18 Å². The standard InChI is InChI=1S/C12H17FO4/c1-3-5-7-15-8-11(9-16-10-13)17-12(14)6-4-2/h3,11H,1,4,6,8-10H2,2H3. The minimum atomic E-state index is -0.930. The van der Waals surface area contributed by atoms with Crippen molar-refractivity contribution >= 4 is 5.97 Å². The second-order valence-electron chi connectivity index (χ2n) is 3.10. The van der Waals surface area contributed by atoms with Gasteiger partial charge in [0.15, 0.2) is 13.0 Å². The average molecular weight is 244 g/mol. The summed E-state index contributed by atoms with van der Waals surface area (Å²) >= 11 is 0. The van der Waals surface area contributed by atoms with E-state index in [1.807, 2.05) is 6.92 Å². The number of carbonyl (C=O) groups excluding carboxylic acids is 1. The van der Waals surface area contributed by atoms with E-state index in [0.29, 0.717) is 12.8 Å². The van der Waals surface area contributed by atoms with Gasteiger partial charge in [0.25, 0.3) is 0 Å². The van der Waals surface area contributed by atoms with Crippen molar-refractivity contribution in [1.29, 1.82) is 0 Å². The molecule has 0 amide bonds. The van der Waals surface area contributed by atoms with Crippen LogP contribution in [0.1, 0.15) is 19.8 Å². The van der Waals surface area contributed by atoms with Gasteiger partial charge in [-0.15, -0.1) is 0 Å². The molecule has 1 atom stereocenters. The minimum Gasteiger partial charge on any atom is -0.456 e. The van der Waals surface area contributed by atoms with E-state index in [2.05, 4.69) is 23.3 Å². The lowest BCUT2D eigenvalue weighted by molar-refractivity contribution is -0.155. The van der Waals surface area contributed by atoms with Crippen molar-refractivity contribution in [3.8, 4) is 12.0 Å². The number of allylic oxidation sites excluding steroid dienone is 1. The van der Waals surface area contributed by atoms with Gasteiger partial charge in [-0.1, -0.05) is 13.5 Å². The highest BCUT2D eigenvalue weighted by atomic mass is 19.1. The Morgan fingerprint density at radius 3 is 2.88 bits per heavy atom. The molecule has 5 heteroatoms. The number of alkyl halides is 1. The van der Waals surface area contributed by atoms with Gasteiger partial charge in [0.1, 0.15) is 12.7 Å². The summed E-state index contributed by atoms with van der Waals surface area (Å²) in [5.74, 6) is 2.11. The molecular weight excluding hydrogens is 227 g/mol. The topological polar surface area (TPSA) is 44.8 Å². The highest BCUT2D eigenvalue weighted by molar-refractivity contribution is 5.69. The zero-order chi connectivity index (χ0) is 12.9. The van der Waals surface area contributed by atoms with Crippen molar-refractivity contribution in [3.63, 3.8) is 0 Å². The molecule has 0 spiro atoms. The van der Waals surface area contributed by atoms with Gasteiger partial charge in [-0.3, -0.25) is 4.79 Å². The maximum absolute atomic E-state index is 11.8. The zero-order valence-corrected chi connectivity index (χ0v) is 9.91. The summed E-state index contributed by atoms with van der Waals surface area (Å²) in [4.78, 5) is 11.2. The van der Waals surface area contributed by atoms with Crippen LogP contribution in [-0.4, -0.2) is 32.1 Å². The number of rotatable bonds is 8. The maximum atomic E-state index is 11.8. The number of halogens is 1. The van der Waals surface area contributed by atoms with Gasteiger partial charge in [0.2, 0.25) is 0 Å². The van der Waals surface area contributed by atoms with E-state index in [-0.39, 0.29) is 19.2 Å². The SMILES string of the molecule is C=CC#COCC(COCF)OC(=O)CCC. The number of ether oxygens (including phenoxy) is 3. The summed E-state index contributed by atoms with van der Waals surface area (Å²) in [6, 6.07) is 0. The van der Waals surface area contributed by atoms with Crippen LogP contribution in [-0.2, 0) is 19.0 Å². The molecule has 1 unspecified atom stereocenters. The molecule has 0 radical (unpaired) electrons. The Morgan fingerprint density at radius 1 is 1.53 bits per heavy atom. The van der Waals surface area contributed by atoms with Gasteiger partial charge in [-0.2, -0.15) is 0 Å². The molecule has 0 aliphatic heterocycles. The molecule has 0 N–H and O–H groups in total. The van der Waals surface area contributed by atoms with E-state index in [0.717, 1.165) is 0 Å². The Labute approximate surface area is 101 Å². The van der Waals surface area contributed by atoms with Crippen LogP contribution in [0.25, 0.3) is 0 Å². The molecule has 0 fully saturated rings. The van der Waals surface area contributed by atoms with Crippen molar-refractivity contribution in [2.24, 2.45) is 0 Å². The summed E-state index contributed by atoms with van der Waals surface area (Å²) in [7, 11) is 0. The molecule has 4 nitrogen and oxygen atoms in total. The summed E-state index contributed by atoms with van der Waals surface area (Å²) in [6.07, 6.45) is 4.06. The fourth-order valence-electron chi connectivity index (χ4n) is 0.959. The molecule has 0 aliphatic carbocycles. The lowest BCUT2D eigenvalue weighted by Gasteiger charge is -2.15. The Balaban J connectivity index is 4.03. The van der Waals surface area contributed by atoms with Crippen molar-refractivity contribution in [1.82, 2.24) is 0 Å². The molecule has 0 bridgehead atoms. The minimum absolute atomic E-state index is 0.0380. The molecule has 0 aromatic heterocycles. The summed E-state index contributed by atoms with van der Waals surface area (Å²) in [5.41, 5.74) is 0. The number of carbonyl (C=O) groups is 1. The molecule has 96 valence electrons. The molecular formula is C12H17FO4. The lowest BCUT2D eigenvalue weighted by atomic mass is 10.3. The molecule has 0 aromatic carbocycles. The Bertz CT molecular complexity index is 280. The average Bonchev–Trinajstić information content (AvgIpc) is 2.31. The summed E-state index contributed by atoms with van der Waals surface area (Å²) < 4.78 is 26.3. The summed E-state index contributed by atoms with van der Waals surface area (Å²) in [6.45, 7) is 4.30. The Morgan fingerprint density at radius 2 is 2.29 bits per heavy atom. The van der Waals surface area contributed by atoms with Crippen molar-refractivity contribution in [2.45, 2.75) is 25.9 Å².